The van der Waals surface area contributed by atoms with Gasteiger partial charge in [0.15, 0.2) is 0 Å². The van der Waals surface area contributed by atoms with Crippen LogP contribution in [0.4, 0.5) is 0 Å². The fourth-order valence-corrected chi connectivity index (χ4v) is 7.29. The average Bonchev–Trinajstić information content (AvgIpc) is 3.74. The van der Waals surface area contributed by atoms with Crippen molar-refractivity contribution in [2.24, 2.45) is 0 Å². The van der Waals surface area contributed by atoms with Gasteiger partial charge in [0.1, 0.15) is 5.65 Å². The number of hydrogen-bond acceptors (Lipinski definition) is 4. The van der Waals surface area contributed by atoms with Gasteiger partial charge in [-0.15, -0.1) is 52.9 Å². The molecule has 47 heavy (non-hydrogen) atoms. The Kier molecular flexibility index (Phi) is 8.19. The molecule has 9 rings (SSSR count). The predicted molar refractivity (Wildman–Crippen MR) is 192 cm³/mol. The molecule has 6 heteroatoms. The first-order chi connectivity index (χ1) is 22.5. The maximum Gasteiger partial charge on any atom is 0.102 e. The van der Waals surface area contributed by atoms with E-state index in [-0.39, 0.29) is 25.5 Å². The van der Waals surface area contributed by atoms with Crippen molar-refractivity contribution in [1.29, 1.82) is 0 Å². The Labute approximate surface area is 291 Å². The smallest absolute Gasteiger partial charge is 0.102 e. The number of nitrogens with zero attached hydrogens (tertiary/aromatic N) is 4. The maximum atomic E-state index is 4.64. The molecule has 231 valence electrons. The number of imidazole rings is 1. The van der Waals surface area contributed by atoms with Crippen LogP contribution in [0, 0.1) is 12.1 Å². The van der Waals surface area contributed by atoms with E-state index in [1.165, 1.54) is 36.9 Å². The van der Waals surface area contributed by atoms with E-state index in [1.807, 2.05) is 54.3 Å². The molecule has 0 N–H and O–H groups in total. The van der Waals surface area contributed by atoms with E-state index in [0.717, 1.165) is 38.7 Å². The summed E-state index contributed by atoms with van der Waals surface area (Å²) in [6, 6.07) is 42.4. The fourth-order valence-electron chi connectivity index (χ4n) is 6.06. The predicted octanol–water partition coefficient (Wildman–Crippen LogP) is 10.7. The van der Waals surface area contributed by atoms with Crippen LogP contribution in [0.25, 0.3) is 70.0 Å². The zero-order chi connectivity index (χ0) is 31.3. The Balaban J connectivity index is 0.000000147. The SMILES string of the molecule is CC(C)(C)c1ccnc(-c2[c-]ccc(-c3ccccc3)c2)c1.[Ir].[c-]1cc2c3ccccc3sc2c2c1c1ncccc1n1ccnc21. The molecule has 0 amide bonds. The molecule has 5 aromatic heterocycles. The maximum absolute atomic E-state index is 4.64. The topological polar surface area (TPSA) is 43.1 Å². The Hall–Kier alpha value is -4.74. The molecule has 0 bridgehead atoms. The van der Waals surface area contributed by atoms with E-state index < -0.39 is 0 Å². The van der Waals surface area contributed by atoms with Crippen molar-refractivity contribution in [3.63, 3.8) is 0 Å². The van der Waals surface area contributed by atoms with Crippen molar-refractivity contribution in [3.8, 4) is 22.4 Å². The summed E-state index contributed by atoms with van der Waals surface area (Å²) in [4.78, 5) is 13.8. The van der Waals surface area contributed by atoms with Crippen molar-refractivity contribution in [2.45, 2.75) is 26.2 Å². The van der Waals surface area contributed by atoms with E-state index in [0.29, 0.717) is 0 Å². The van der Waals surface area contributed by atoms with Crippen LogP contribution in [-0.4, -0.2) is 19.4 Å². The van der Waals surface area contributed by atoms with Gasteiger partial charge in [0.2, 0.25) is 0 Å². The van der Waals surface area contributed by atoms with Crippen LogP contribution in [0.2, 0.25) is 0 Å². The number of rotatable bonds is 2. The van der Waals surface area contributed by atoms with Crippen LogP contribution < -0.4 is 0 Å². The Morgan fingerprint density at radius 2 is 1.55 bits per heavy atom. The van der Waals surface area contributed by atoms with Crippen LogP contribution in [-0.2, 0) is 25.5 Å². The summed E-state index contributed by atoms with van der Waals surface area (Å²) < 4.78 is 4.68. The third-order valence-electron chi connectivity index (χ3n) is 8.43. The van der Waals surface area contributed by atoms with Crippen LogP contribution >= 0.6 is 11.3 Å². The molecule has 0 aliphatic carbocycles. The van der Waals surface area contributed by atoms with Crippen molar-refractivity contribution in [2.75, 3.05) is 0 Å². The first-order valence-corrected chi connectivity index (χ1v) is 16.2. The van der Waals surface area contributed by atoms with E-state index in [9.17, 15) is 0 Å². The largest absolute Gasteiger partial charge is 0.314 e. The van der Waals surface area contributed by atoms with E-state index in [4.69, 9.17) is 0 Å². The van der Waals surface area contributed by atoms with Crippen LogP contribution in [0.1, 0.15) is 26.3 Å². The normalized spacial score (nSPS) is 11.6. The number of aromatic nitrogens is 4. The zero-order valence-corrected chi connectivity index (χ0v) is 29.4. The van der Waals surface area contributed by atoms with E-state index in [2.05, 4.69) is 137 Å². The van der Waals surface area contributed by atoms with Crippen LogP contribution in [0.15, 0.2) is 128 Å². The quantitative estimate of drug-likeness (QED) is 0.129. The molecule has 0 saturated heterocycles. The minimum absolute atomic E-state index is 0. The Morgan fingerprint density at radius 3 is 2.40 bits per heavy atom. The van der Waals surface area contributed by atoms with Crippen LogP contribution in [0.5, 0.6) is 0 Å². The molecule has 4 aromatic carbocycles. The molecular weight excluding hydrogens is 773 g/mol. The minimum Gasteiger partial charge on any atom is -0.314 e. The number of hydrogen-bond donors (Lipinski definition) is 0. The molecule has 0 fully saturated rings. The van der Waals surface area contributed by atoms with Gasteiger partial charge in [0.25, 0.3) is 0 Å². The standard InChI is InChI=1S/C21H20N.C20H10N3S.Ir/c1-21(2,3)19-12-13-22-20(15-19)18-11-7-10-17(14-18)16-8-5-4-6-9-16;1-2-6-16-12(4-1)13-7-8-14-17(19(13)24-16)20-22-10-11-23(20)15-5-3-9-21-18(14)15;/h4-10,12-15H,1-3H3;1-7,9-11H;/q2*-1;. The van der Waals surface area contributed by atoms with Gasteiger partial charge in [0, 0.05) is 60.6 Å². The van der Waals surface area contributed by atoms with Gasteiger partial charge in [-0.3, -0.25) is 0 Å². The summed E-state index contributed by atoms with van der Waals surface area (Å²) in [5.74, 6) is 0. The van der Waals surface area contributed by atoms with Crippen molar-refractivity contribution in [1.82, 2.24) is 19.4 Å². The average molecular weight is 803 g/mol. The van der Waals surface area contributed by atoms with E-state index in [1.54, 1.807) is 0 Å². The van der Waals surface area contributed by atoms with Crippen LogP contribution in [0.3, 0.4) is 0 Å². The van der Waals surface area contributed by atoms with E-state index >= 15 is 0 Å². The Morgan fingerprint density at radius 1 is 0.723 bits per heavy atom. The minimum atomic E-state index is 0. The molecule has 0 unspecified atom stereocenters. The van der Waals surface area contributed by atoms with Gasteiger partial charge in [-0.05, 0) is 62.0 Å². The molecule has 0 aliphatic heterocycles. The molecule has 0 atom stereocenters. The molecule has 4 nitrogen and oxygen atoms in total. The first-order valence-electron chi connectivity index (χ1n) is 15.4. The molecule has 0 spiro atoms. The summed E-state index contributed by atoms with van der Waals surface area (Å²) in [6.07, 6.45) is 7.59. The summed E-state index contributed by atoms with van der Waals surface area (Å²) in [5, 5.41) is 4.71. The van der Waals surface area contributed by atoms with Crippen molar-refractivity contribution < 1.29 is 20.1 Å². The van der Waals surface area contributed by atoms with Crippen molar-refractivity contribution in [3.05, 3.63) is 146 Å². The molecule has 1 radical (unpaired) electrons. The number of benzene rings is 4. The van der Waals surface area contributed by atoms with Gasteiger partial charge >= 0.3 is 0 Å². The number of fused-ring (bicyclic) bond motifs is 10. The molecule has 5 heterocycles. The Bertz CT molecular complexity index is 2530. The van der Waals surface area contributed by atoms with Gasteiger partial charge in [0.05, 0.1) is 0 Å². The third kappa shape index (κ3) is 5.63. The second-order valence-electron chi connectivity index (χ2n) is 12.4. The van der Waals surface area contributed by atoms with Gasteiger partial charge in [-0.25, -0.2) is 4.98 Å². The third-order valence-corrected chi connectivity index (χ3v) is 9.63. The molecule has 0 saturated carbocycles. The number of pyridine rings is 3. The van der Waals surface area contributed by atoms with Gasteiger partial charge in [-0.1, -0.05) is 80.8 Å². The molecule has 0 aliphatic rings. The molecule has 9 aromatic rings. The summed E-state index contributed by atoms with van der Waals surface area (Å²) >= 11 is 1.82. The second kappa shape index (κ2) is 12.5. The summed E-state index contributed by atoms with van der Waals surface area (Å²) in [7, 11) is 0. The zero-order valence-electron chi connectivity index (χ0n) is 26.2. The summed E-state index contributed by atoms with van der Waals surface area (Å²) in [6.45, 7) is 6.66. The van der Waals surface area contributed by atoms with Gasteiger partial charge < -0.3 is 14.4 Å². The summed E-state index contributed by atoms with van der Waals surface area (Å²) in [5.41, 5.74) is 8.83. The first kappa shape index (κ1) is 30.9. The number of thiophene rings is 1. The monoisotopic (exact) mass is 803 g/mol. The fraction of sp³-hybridized carbons (Fsp3) is 0.0976. The second-order valence-corrected chi connectivity index (χ2v) is 13.5. The van der Waals surface area contributed by atoms with Gasteiger partial charge in [-0.2, -0.15) is 11.3 Å². The van der Waals surface area contributed by atoms with Crippen molar-refractivity contribution >= 4 is 59.0 Å². The molecular formula is C41H30IrN4S-2.